The van der Waals surface area contributed by atoms with Crippen LogP contribution in [-0.2, 0) is 11.3 Å². The Balaban J connectivity index is 2.33. The zero-order chi connectivity index (χ0) is 19.6. The Kier molecular flexibility index (Phi) is 5.36. The maximum atomic E-state index is 13.0. The van der Waals surface area contributed by atoms with Crippen molar-refractivity contribution in [2.24, 2.45) is 0 Å². The molecular weight excluding hydrogens is 346 g/mol. The fourth-order valence-electron chi connectivity index (χ4n) is 3.09. The number of rotatable bonds is 6. The van der Waals surface area contributed by atoms with Crippen molar-refractivity contribution >= 4 is 22.6 Å². The summed E-state index contributed by atoms with van der Waals surface area (Å²) in [6.45, 7) is 5.37. The summed E-state index contributed by atoms with van der Waals surface area (Å²) in [6.07, 6.45) is 2.30. The fourth-order valence-corrected chi connectivity index (χ4v) is 3.09. The number of aromatic nitrogens is 3. The molecule has 0 spiro atoms. The van der Waals surface area contributed by atoms with Gasteiger partial charge in [-0.3, -0.25) is 19.4 Å². The number of amides is 1. The highest BCUT2D eigenvalue weighted by Gasteiger charge is 2.17. The molecule has 2 N–H and O–H groups in total. The Morgan fingerprint density at radius 1 is 1.37 bits per heavy atom. The van der Waals surface area contributed by atoms with Gasteiger partial charge in [0.1, 0.15) is 16.8 Å². The summed E-state index contributed by atoms with van der Waals surface area (Å²) < 4.78 is 8.47. The predicted molar refractivity (Wildman–Crippen MR) is 102 cm³/mol. The summed E-state index contributed by atoms with van der Waals surface area (Å²) in [5.41, 5.74) is 1.72. The summed E-state index contributed by atoms with van der Waals surface area (Å²) in [5.74, 6) is -0.408. The number of ether oxygens (including phenoxy) is 1. The Hall–Kier alpha value is -3.00. The normalized spacial score (nSPS) is 11.2. The molecule has 0 unspecified atom stereocenters. The van der Waals surface area contributed by atoms with Crippen LogP contribution in [0.3, 0.4) is 0 Å². The number of carbonyl (C=O) groups is 1. The number of hydrogen-bond donors (Lipinski definition) is 2. The van der Waals surface area contributed by atoms with E-state index in [1.807, 2.05) is 19.9 Å². The van der Waals surface area contributed by atoms with E-state index in [2.05, 4.69) is 10.3 Å². The van der Waals surface area contributed by atoms with Crippen molar-refractivity contribution in [1.82, 2.24) is 19.3 Å². The maximum absolute atomic E-state index is 13.0. The number of fused-ring (bicyclic) bond motifs is 2. The Morgan fingerprint density at radius 2 is 2.15 bits per heavy atom. The van der Waals surface area contributed by atoms with Crippen LogP contribution in [0.4, 0.5) is 0 Å². The van der Waals surface area contributed by atoms with Gasteiger partial charge >= 0.3 is 0 Å². The number of hydrogen-bond acceptors (Lipinski definition) is 5. The van der Waals surface area contributed by atoms with E-state index < -0.39 is 5.91 Å². The maximum Gasteiger partial charge on any atom is 0.267 e. The molecule has 8 heteroatoms. The SMILES string of the molecule is CCOCCCn1c(=N)c(C(=O)NC)cc2c(=O)n3cccc(C)c3nc21. The van der Waals surface area contributed by atoms with Crippen molar-refractivity contribution in [3.63, 3.8) is 0 Å². The first-order chi connectivity index (χ1) is 13.0. The summed E-state index contributed by atoms with van der Waals surface area (Å²) in [4.78, 5) is 29.9. The average Bonchev–Trinajstić information content (AvgIpc) is 2.67. The highest BCUT2D eigenvalue weighted by Crippen LogP contribution is 2.13. The summed E-state index contributed by atoms with van der Waals surface area (Å²) >= 11 is 0. The van der Waals surface area contributed by atoms with Gasteiger partial charge in [-0.2, -0.15) is 0 Å². The van der Waals surface area contributed by atoms with Crippen LogP contribution < -0.4 is 16.4 Å². The summed E-state index contributed by atoms with van der Waals surface area (Å²) in [5, 5.41) is 11.3. The van der Waals surface area contributed by atoms with Crippen LogP contribution in [0, 0.1) is 12.3 Å². The molecule has 0 saturated carbocycles. The van der Waals surface area contributed by atoms with E-state index in [1.165, 1.54) is 17.5 Å². The van der Waals surface area contributed by atoms with Crippen LogP contribution in [0.15, 0.2) is 29.2 Å². The minimum Gasteiger partial charge on any atom is -0.382 e. The van der Waals surface area contributed by atoms with Gasteiger partial charge in [-0.15, -0.1) is 0 Å². The van der Waals surface area contributed by atoms with Gasteiger partial charge in [0.2, 0.25) is 0 Å². The molecular formula is C19H23N5O3. The largest absolute Gasteiger partial charge is 0.382 e. The van der Waals surface area contributed by atoms with Gasteiger partial charge in [0, 0.05) is 33.0 Å². The smallest absolute Gasteiger partial charge is 0.267 e. The van der Waals surface area contributed by atoms with Crippen molar-refractivity contribution < 1.29 is 9.53 Å². The zero-order valence-corrected chi connectivity index (χ0v) is 15.7. The number of aryl methyl sites for hydroxylation is 2. The molecule has 0 aliphatic carbocycles. The minimum atomic E-state index is -0.408. The molecule has 0 aliphatic rings. The van der Waals surface area contributed by atoms with Crippen LogP contribution in [-0.4, -0.2) is 40.1 Å². The van der Waals surface area contributed by atoms with E-state index in [0.29, 0.717) is 42.9 Å². The van der Waals surface area contributed by atoms with Crippen molar-refractivity contribution in [2.75, 3.05) is 20.3 Å². The average molecular weight is 369 g/mol. The molecule has 0 aromatic carbocycles. The standard InChI is InChI=1S/C19H23N5O3/c1-4-27-10-6-9-23-15(20)13(18(25)21-3)11-14-17(23)22-16-12(2)7-5-8-24(16)19(14)26/h5,7-8,11,20H,4,6,9-10H2,1-3H3,(H,21,25). The van der Waals surface area contributed by atoms with Crippen LogP contribution in [0.25, 0.3) is 16.7 Å². The van der Waals surface area contributed by atoms with E-state index in [1.54, 1.807) is 16.8 Å². The summed E-state index contributed by atoms with van der Waals surface area (Å²) in [6, 6.07) is 5.12. The van der Waals surface area contributed by atoms with Gasteiger partial charge in [-0.05, 0) is 38.0 Å². The molecule has 27 heavy (non-hydrogen) atoms. The van der Waals surface area contributed by atoms with Crippen LogP contribution >= 0.6 is 0 Å². The van der Waals surface area contributed by atoms with Gasteiger partial charge in [0.05, 0.1) is 10.9 Å². The van der Waals surface area contributed by atoms with Crippen LogP contribution in [0.2, 0.25) is 0 Å². The molecule has 0 fully saturated rings. The lowest BCUT2D eigenvalue weighted by molar-refractivity contribution is 0.0960. The molecule has 0 radical (unpaired) electrons. The third kappa shape index (κ3) is 3.35. The first-order valence-corrected chi connectivity index (χ1v) is 8.89. The Bertz CT molecular complexity index is 1130. The van der Waals surface area contributed by atoms with E-state index >= 15 is 0 Å². The minimum absolute atomic E-state index is 0.0307. The number of nitrogens with one attached hydrogen (secondary N) is 2. The third-order valence-corrected chi connectivity index (χ3v) is 4.48. The fraction of sp³-hybridized carbons (Fsp3) is 0.368. The highest BCUT2D eigenvalue weighted by molar-refractivity contribution is 5.96. The van der Waals surface area contributed by atoms with Crippen LogP contribution in [0.5, 0.6) is 0 Å². The van der Waals surface area contributed by atoms with Gasteiger partial charge in [0.15, 0.2) is 0 Å². The van der Waals surface area contributed by atoms with Crippen molar-refractivity contribution in [3.05, 3.63) is 51.4 Å². The number of pyridine rings is 2. The first kappa shape index (κ1) is 18.8. The van der Waals surface area contributed by atoms with Gasteiger partial charge in [-0.1, -0.05) is 6.07 Å². The molecule has 0 saturated heterocycles. The molecule has 3 aromatic heterocycles. The predicted octanol–water partition coefficient (Wildman–Crippen LogP) is 1.22. The lowest BCUT2D eigenvalue weighted by Crippen LogP contribution is -2.34. The molecule has 0 bridgehead atoms. The quantitative estimate of drug-likeness (QED) is 0.504. The van der Waals surface area contributed by atoms with Gasteiger partial charge in [0.25, 0.3) is 11.5 Å². The van der Waals surface area contributed by atoms with E-state index in [9.17, 15) is 9.59 Å². The molecule has 0 atom stereocenters. The number of carbonyl (C=O) groups excluding carboxylic acids is 1. The molecule has 8 nitrogen and oxygen atoms in total. The van der Waals surface area contributed by atoms with E-state index in [-0.39, 0.29) is 16.6 Å². The number of nitrogens with zero attached hydrogens (tertiary/aromatic N) is 3. The van der Waals surface area contributed by atoms with Gasteiger partial charge < -0.3 is 14.6 Å². The summed E-state index contributed by atoms with van der Waals surface area (Å²) in [7, 11) is 1.50. The van der Waals surface area contributed by atoms with Gasteiger partial charge in [-0.25, -0.2) is 4.98 Å². The lowest BCUT2D eigenvalue weighted by Gasteiger charge is -2.14. The van der Waals surface area contributed by atoms with E-state index in [4.69, 9.17) is 10.1 Å². The molecule has 1 amide bonds. The highest BCUT2D eigenvalue weighted by atomic mass is 16.5. The van der Waals surface area contributed by atoms with Crippen LogP contribution in [0.1, 0.15) is 29.3 Å². The molecule has 3 rings (SSSR count). The molecule has 0 aliphatic heterocycles. The van der Waals surface area contributed by atoms with E-state index in [0.717, 1.165) is 5.56 Å². The molecule has 142 valence electrons. The monoisotopic (exact) mass is 369 g/mol. The third-order valence-electron chi connectivity index (χ3n) is 4.48. The Labute approximate surface area is 155 Å². The topological polar surface area (TPSA) is 101 Å². The van der Waals surface area contributed by atoms with Crippen molar-refractivity contribution in [3.8, 4) is 0 Å². The second-order valence-electron chi connectivity index (χ2n) is 6.23. The second-order valence-corrected chi connectivity index (χ2v) is 6.23. The van der Waals surface area contributed by atoms with Crippen molar-refractivity contribution in [1.29, 1.82) is 5.41 Å². The zero-order valence-electron chi connectivity index (χ0n) is 15.7. The Morgan fingerprint density at radius 3 is 2.85 bits per heavy atom. The lowest BCUT2D eigenvalue weighted by atomic mass is 10.2. The molecule has 3 aromatic rings. The van der Waals surface area contributed by atoms with Crippen molar-refractivity contribution in [2.45, 2.75) is 26.8 Å². The molecule has 3 heterocycles. The first-order valence-electron chi connectivity index (χ1n) is 8.89. The second kappa shape index (κ2) is 7.71.